The van der Waals surface area contributed by atoms with Crippen LogP contribution in [0, 0.1) is 0 Å². The Bertz CT molecular complexity index is 761. The van der Waals surface area contributed by atoms with Crippen molar-refractivity contribution in [3.8, 4) is 0 Å². The molecule has 0 bridgehead atoms. The topological polar surface area (TPSA) is 75.7 Å². The lowest BCUT2D eigenvalue weighted by Gasteiger charge is -2.09. The van der Waals surface area contributed by atoms with Crippen LogP contribution >= 0.6 is 0 Å². The third-order valence-electron chi connectivity index (χ3n) is 4.14. The number of hydrogen-bond acceptors (Lipinski definition) is 5. The smallest absolute Gasteiger partial charge is 0.129 e. The highest BCUT2D eigenvalue weighted by atomic mass is 16.5. The Morgan fingerprint density at radius 1 is 1.26 bits per heavy atom. The van der Waals surface area contributed by atoms with E-state index < -0.39 is 0 Å². The maximum atomic E-state index is 5.43. The zero-order chi connectivity index (χ0) is 15.5. The molecule has 0 amide bonds. The van der Waals surface area contributed by atoms with Crippen LogP contribution in [-0.2, 0) is 11.2 Å². The number of nitrogens with zero attached hydrogens (tertiary/aromatic N) is 3. The van der Waals surface area contributed by atoms with Gasteiger partial charge < -0.3 is 15.0 Å². The molecule has 3 aromatic rings. The summed E-state index contributed by atoms with van der Waals surface area (Å²) < 4.78 is 5.43. The van der Waals surface area contributed by atoms with Crippen LogP contribution in [0.25, 0.3) is 11.0 Å². The maximum absolute atomic E-state index is 5.43. The first-order valence-corrected chi connectivity index (χ1v) is 7.96. The lowest BCUT2D eigenvalue weighted by Crippen LogP contribution is -2.09. The molecule has 2 N–H and O–H groups in total. The van der Waals surface area contributed by atoms with Crippen molar-refractivity contribution < 1.29 is 4.74 Å². The summed E-state index contributed by atoms with van der Waals surface area (Å²) in [5.74, 6) is 2.24. The number of para-hydroxylation sites is 2. The van der Waals surface area contributed by atoms with E-state index in [0.717, 1.165) is 61.0 Å². The molecular weight excluding hydrogens is 290 g/mol. The minimum absolute atomic E-state index is 0.397. The van der Waals surface area contributed by atoms with Gasteiger partial charge in [0.05, 0.1) is 23.3 Å². The summed E-state index contributed by atoms with van der Waals surface area (Å²) in [6, 6.07) is 10.1. The Balaban J connectivity index is 1.38. The van der Waals surface area contributed by atoms with E-state index in [2.05, 4.69) is 25.3 Å². The first kappa shape index (κ1) is 14.1. The van der Waals surface area contributed by atoms with Gasteiger partial charge in [0.15, 0.2) is 0 Å². The van der Waals surface area contributed by atoms with Gasteiger partial charge in [0, 0.05) is 31.6 Å². The Morgan fingerprint density at radius 2 is 2.22 bits per heavy atom. The van der Waals surface area contributed by atoms with Crippen molar-refractivity contribution in [1.82, 2.24) is 19.9 Å². The fourth-order valence-electron chi connectivity index (χ4n) is 2.89. The van der Waals surface area contributed by atoms with Gasteiger partial charge >= 0.3 is 0 Å². The Labute approximate surface area is 134 Å². The lowest BCUT2D eigenvalue weighted by atomic mass is 10.1. The number of aromatic nitrogens is 4. The summed E-state index contributed by atoms with van der Waals surface area (Å²) in [6.07, 6.45) is 3.48. The predicted molar refractivity (Wildman–Crippen MR) is 88.5 cm³/mol. The molecule has 0 saturated carbocycles. The van der Waals surface area contributed by atoms with Crippen molar-refractivity contribution in [3.05, 3.63) is 48.2 Å². The normalized spacial score (nSPS) is 17.7. The standard InChI is InChI=1S/C17H19N5O/c1-2-4-14-13(3-1)21-16(22-14)5-7-18-17-9-15(19-11-20-17)12-6-8-23-10-12/h1-4,9,11-12H,5-8,10H2,(H,21,22)(H,18,19,20)/t12-/m0/s1. The van der Waals surface area contributed by atoms with Crippen LogP contribution in [0.1, 0.15) is 23.9 Å². The molecule has 1 aliphatic rings. The van der Waals surface area contributed by atoms with E-state index in [4.69, 9.17) is 4.74 Å². The van der Waals surface area contributed by atoms with Crippen LogP contribution in [0.4, 0.5) is 5.82 Å². The summed E-state index contributed by atoms with van der Waals surface area (Å²) in [5.41, 5.74) is 3.14. The van der Waals surface area contributed by atoms with Crippen molar-refractivity contribution in [2.24, 2.45) is 0 Å². The average molecular weight is 309 g/mol. The molecule has 2 aromatic heterocycles. The largest absolute Gasteiger partial charge is 0.381 e. The summed E-state index contributed by atoms with van der Waals surface area (Å²) >= 11 is 0. The fraction of sp³-hybridized carbons (Fsp3) is 0.353. The van der Waals surface area contributed by atoms with Crippen molar-refractivity contribution in [2.45, 2.75) is 18.8 Å². The molecule has 6 nitrogen and oxygen atoms in total. The molecular formula is C17H19N5O. The second kappa shape index (κ2) is 6.34. The molecule has 0 spiro atoms. The second-order valence-corrected chi connectivity index (χ2v) is 5.77. The molecule has 1 aromatic carbocycles. The predicted octanol–water partition coefficient (Wildman–Crippen LogP) is 2.51. The Morgan fingerprint density at radius 3 is 3.09 bits per heavy atom. The van der Waals surface area contributed by atoms with Gasteiger partial charge in [-0.25, -0.2) is 15.0 Å². The van der Waals surface area contributed by atoms with E-state index in [-0.39, 0.29) is 0 Å². The van der Waals surface area contributed by atoms with Crippen LogP contribution in [0.15, 0.2) is 36.7 Å². The van der Waals surface area contributed by atoms with Crippen molar-refractivity contribution in [3.63, 3.8) is 0 Å². The van der Waals surface area contributed by atoms with Gasteiger partial charge in [-0.2, -0.15) is 0 Å². The lowest BCUT2D eigenvalue weighted by molar-refractivity contribution is 0.193. The van der Waals surface area contributed by atoms with Crippen molar-refractivity contribution >= 4 is 16.9 Å². The van der Waals surface area contributed by atoms with Gasteiger partial charge in [0.25, 0.3) is 0 Å². The highest BCUT2D eigenvalue weighted by molar-refractivity contribution is 5.74. The highest BCUT2D eigenvalue weighted by Crippen LogP contribution is 2.24. The van der Waals surface area contributed by atoms with Crippen LogP contribution in [0.5, 0.6) is 0 Å². The molecule has 1 aliphatic heterocycles. The second-order valence-electron chi connectivity index (χ2n) is 5.77. The van der Waals surface area contributed by atoms with E-state index in [9.17, 15) is 0 Å². The molecule has 1 saturated heterocycles. The fourth-order valence-corrected chi connectivity index (χ4v) is 2.89. The van der Waals surface area contributed by atoms with E-state index in [1.165, 1.54) is 0 Å². The van der Waals surface area contributed by atoms with Crippen molar-refractivity contribution in [1.29, 1.82) is 0 Å². The van der Waals surface area contributed by atoms with Crippen LogP contribution in [0.3, 0.4) is 0 Å². The number of nitrogens with one attached hydrogen (secondary N) is 2. The number of anilines is 1. The van der Waals surface area contributed by atoms with E-state index in [0.29, 0.717) is 5.92 Å². The first-order valence-electron chi connectivity index (χ1n) is 7.96. The molecule has 0 radical (unpaired) electrons. The Hall–Kier alpha value is -2.47. The minimum atomic E-state index is 0.397. The first-order chi connectivity index (χ1) is 11.4. The van der Waals surface area contributed by atoms with Crippen LogP contribution in [-0.4, -0.2) is 39.7 Å². The van der Waals surface area contributed by atoms with Crippen LogP contribution < -0.4 is 5.32 Å². The monoisotopic (exact) mass is 309 g/mol. The third kappa shape index (κ3) is 3.17. The zero-order valence-corrected chi connectivity index (χ0v) is 12.8. The maximum Gasteiger partial charge on any atom is 0.129 e. The van der Waals surface area contributed by atoms with E-state index in [1.54, 1.807) is 6.33 Å². The number of rotatable bonds is 5. The van der Waals surface area contributed by atoms with Gasteiger partial charge in [0.2, 0.25) is 0 Å². The summed E-state index contributed by atoms with van der Waals surface area (Å²) in [7, 11) is 0. The number of aromatic amines is 1. The molecule has 4 rings (SSSR count). The number of ether oxygens (including phenoxy) is 1. The highest BCUT2D eigenvalue weighted by Gasteiger charge is 2.19. The van der Waals surface area contributed by atoms with Gasteiger partial charge in [-0.05, 0) is 18.6 Å². The third-order valence-corrected chi connectivity index (χ3v) is 4.14. The number of fused-ring (bicyclic) bond motifs is 1. The van der Waals surface area contributed by atoms with Crippen molar-refractivity contribution in [2.75, 3.05) is 25.1 Å². The molecule has 23 heavy (non-hydrogen) atoms. The quantitative estimate of drug-likeness (QED) is 0.757. The Kier molecular flexibility index (Phi) is 3.90. The molecule has 3 heterocycles. The zero-order valence-electron chi connectivity index (χ0n) is 12.8. The van der Waals surface area contributed by atoms with Gasteiger partial charge in [-0.1, -0.05) is 12.1 Å². The number of hydrogen-bond donors (Lipinski definition) is 2. The minimum Gasteiger partial charge on any atom is -0.381 e. The number of H-pyrrole nitrogens is 1. The number of imidazole rings is 1. The molecule has 1 atom stereocenters. The summed E-state index contributed by atoms with van der Waals surface area (Å²) in [5, 5.41) is 3.35. The molecule has 6 heteroatoms. The summed E-state index contributed by atoms with van der Waals surface area (Å²) in [6.45, 7) is 2.36. The van der Waals surface area contributed by atoms with Crippen LogP contribution in [0.2, 0.25) is 0 Å². The summed E-state index contributed by atoms with van der Waals surface area (Å²) in [4.78, 5) is 16.6. The van der Waals surface area contributed by atoms with Gasteiger partial charge in [0.1, 0.15) is 18.0 Å². The SMILES string of the molecule is c1ccc2[nH]c(CCNc3cc([C@H]4CCOC4)ncn3)nc2c1. The molecule has 0 aliphatic carbocycles. The average Bonchev–Trinajstić information content (AvgIpc) is 3.24. The van der Waals surface area contributed by atoms with Gasteiger partial charge in [-0.15, -0.1) is 0 Å². The molecule has 1 fully saturated rings. The van der Waals surface area contributed by atoms with E-state index in [1.807, 2.05) is 30.3 Å². The van der Waals surface area contributed by atoms with Gasteiger partial charge in [-0.3, -0.25) is 0 Å². The molecule has 0 unspecified atom stereocenters. The number of benzene rings is 1. The molecule has 118 valence electrons. The van der Waals surface area contributed by atoms with E-state index >= 15 is 0 Å².